The molecule has 1 unspecified atom stereocenters. The predicted molar refractivity (Wildman–Crippen MR) is 91.2 cm³/mol. The van der Waals surface area contributed by atoms with Crippen molar-refractivity contribution in [2.75, 3.05) is 25.0 Å². The Kier molecular flexibility index (Phi) is 4.85. The van der Waals surface area contributed by atoms with Crippen molar-refractivity contribution >= 4 is 16.5 Å². The number of rotatable bonds is 9. The van der Waals surface area contributed by atoms with Gasteiger partial charge in [-0.3, -0.25) is 0 Å². The number of nitrogens with one attached hydrogen (secondary N) is 1. The second-order valence-corrected chi connectivity index (χ2v) is 8.00. The van der Waals surface area contributed by atoms with Gasteiger partial charge in [0.1, 0.15) is 0 Å². The van der Waals surface area contributed by atoms with Crippen LogP contribution in [0.1, 0.15) is 62.4 Å². The highest BCUT2D eigenvalue weighted by molar-refractivity contribution is 7.15. The van der Waals surface area contributed by atoms with Crippen molar-refractivity contribution < 1.29 is 0 Å². The standard InChI is InChI=1S/C17H29N3S/c1-4-12(2)16-15(9-18-3)21-17(19-16)20(10-13-5-6-13)11-14-7-8-14/h12-14,18H,4-11H2,1-3H3. The molecule has 0 bridgehead atoms. The monoisotopic (exact) mass is 307 g/mol. The van der Waals surface area contributed by atoms with Crippen molar-refractivity contribution in [1.82, 2.24) is 10.3 Å². The van der Waals surface area contributed by atoms with E-state index >= 15 is 0 Å². The molecular weight excluding hydrogens is 278 g/mol. The summed E-state index contributed by atoms with van der Waals surface area (Å²) in [6.45, 7) is 8.01. The first-order chi connectivity index (χ1) is 10.2. The van der Waals surface area contributed by atoms with Gasteiger partial charge in [0.2, 0.25) is 0 Å². The Balaban J connectivity index is 1.79. The molecule has 0 radical (unpaired) electrons. The second kappa shape index (κ2) is 6.66. The molecule has 0 saturated heterocycles. The molecular formula is C17H29N3S. The van der Waals surface area contributed by atoms with Crippen molar-refractivity contribution in [1.29, 1.82) is 0 Å². The number of hydrogen-bond donors (Lipinski definition) is 1. The fraction of sp³-hybridized carbons (Fsp3) is 0.824. The van der Waals surface area contributed by atoms with Crippen LogP contribution in [0.25, 0.3) is 0 Å². The zero-order chi connectivity index (χ0) is 14.8. The average Bonchev–Trinajstić information content (AvgIpc) is 3.40. The first-order valence-corrected chi connectivity index (χ1v) is 9.42. The summed E-state index contributed by atoms with van der Waals surface area (Å²) >= 11 is 1.93. The van der Waals surface area contributed by atoms with E-state index in [2.05, 4.69) is 24.1 Å². The quantitative estimate of drug-likeness (QED) is 0.747. The van der Waals surface area contributed by atoms with E-state index in [1.54, 1.807) is 0 Å². The van der Waals surface area contributed by atoms with Crippen LogP contribution in [-0.2, 0) is 6.54 Å². The molecule has 3 nitrogen and oxygen atoms in total. The van der Waals surface area contributed by atoms with Crippen molar-refractivity contribution in [3.8, 4) is 0 Å². The molecule has 1 heterocycles. The van der Waals surface area contributed by atoms with Crippen molar-refractivity contribution in [2.45, 2.75) is 58.4 Å². The van der Waals surface area contributed by atoms with Crippen LogP contribution in [0, 0.1) is 11.8 Å². The Labute approximate surface area is 133 Å². The van der Waals surface area contributed by atoms with Crippen LogP contribution in [0.2, 0.25) is 0 Å². The molecule has 1 aromatic rings. The summed E-state index contributed by atoms with van der Waals surface area (Å²) in [6.07, 6.45) is 6.87. The van der Waals surface area contributed by atoms with Crippen LogP contribution in [0.3, 0.4) is 0 Å². The number of anilines is 1. The van der Waals surface area contributed by atoms with Gasteiger partial charge in [0, 0.05) is 24.5 Å². The largest absolute Gasteiger partial charge is 0.348 e. The fourth-order valence-electron chi connectivity index (χ4n) is 2.81. The zero-order valence-corrected chi connectivity index (χ0v) is 14.5. The lowest BCUT2D eigenvalue weighted by atomic mass is 10.0. The van der Waals surface area contributed by atoms with Crippen LogP contribution in [0.5, 0.6) is 0 Å². The van der Waals surface area contributed by atoms with Crippen LogP contribution in [0.15, 0.2) is 0 Å². The highest BCUT2D eigenvalue weighted by Crippen LogP contribution is 2.38. The van der Waals surface area contributed by atoms with E-state index in [4.69, 9.17) is 4.98 Å². The lowest BCUT2D eigenvalue weighted by Gasteiger charge is -2.21. The van der Waals surface area contributed by atoms with Crippen molar-refractivity contribution in [3.63, 3.8) is 0 Å². The van der Waals surface area contributed by atoms with E-state index in [-0.39, 0.29) is 0 Å². The van der Waals surface area contributed by atoms with Gasteiger partial charge in [0.15, 0.2) is 5.13 Å². The first-order valence-electron chi connectivity index (χ1n) is 8.60. The van der Waals surface area contributed by atoms with Gasteiger partial charge in [-0.05, 0) is 56.9 Å². The molecule has 0 amide bonds. The third-order valence-electron chi connectivity index (χ3n) is 4.75. The summed E-state index contributed by atoms with van der Waals surface area (Å²) in [5.74, 6) is 2.45. The summed E-state index contributed by atoms with van der Waals surface area (Å²) in [4.78, 5) is 9.11. The molecule has 1 atom stereocenters. The van der Waals surface area contributed by atoms with E-state index in [0.717, 1.165) is 18.4 Å². The van der Waals surface area contributed by atoms with Crippen LogP contribution in [-0.4, -0.2) is 25.1 Å². The molecule has 1 N–H and O–H groups in total. The van der Waals surface area contributed by atoms with Crippen LogP contribution in [0.4, 0.5) is 5.13 Å². The number of aromatic nitrogens is 1. The number of thiazole rings is 1. The molecule has 4 heteroatoms. The van der Waals surface area contributed by atoms with Gasteiger partial charge in [-0.2, -0.15) is 0 Å². The van der Waals surface area contributed by atoms with E-state index in [9.17, 15) is 0 Å². The summed E-state index contributed by atoms with van der Waals surface area (Å²) in [5, 5.41) is 4.60. The normalized spacial score (nSPS) is 19.8. The van der Waals surface area contributed by atoms with Gasteiger partial charge >= 0.3 is 0 Å². The number of hydrogen-bond acceptors (Lipinski definition) is 4. The number of nitrogens with zero attached hydrogens (tertiary/aromatic N) is 2. The Morgan fingerprint density at radius 1 is 1.24 bits per heavy atom. The van der Waals surface area contributed by atoms with Gasteiger partial charge in [-0.25, -0.2) is 4.98 Å². The summed E-state index contributed by atoms with van der Waals surface area (Å²) in [7, 11) is 2.03. The van der Waals surface area contributed by atoms with Gasteiger partial charge in [0.05, 0.1) is 5.69 Å². The van der Waals surface area contributed by atoms with Gasteiger partial charge in [0.25, 0.3) is 0 Å². The molecule has 3 rings (SSSR count). The third-order valence-corrected chi connectivity index (χ3v) is 5.89. The molecule has 2 fully saturated rings. The molecule has 118 valence electrons. The molecule has 21 heavy (non-hydrogen) atoms. The zero-order valence-electron chi connectivity index (χ0n) is 13.7. The lowest BCUT2D eigenvalue weighted by molar-refractivity contribution is 0.665. The SMILES string of the molecule is CCC(C)c1nc(N(CC2CC2)CC2CC2)sc1CNC. The van der Waals surface area contributed by atoms with Gasteiger partial charge < -0.3 is 10.2 Å². The van der Waals surface area contributed by atoms with E-state index in [0.29, 0.717) is 5.92 Å². The highest BCUT2D eigenvalue weighted by atomic mass is 32.1. The Bertz CT molecular complexity index is 449. The lowest BCUT2D eigenvalue weighted by Crippen LogP contribution is -2.28. The highest BCUT2D eigenvalue weighted by Gasteiger charge is 2.31. The maximum atomic E-state index is 5.07. The molecule has 2 aliphatic carbocycles. The van der Waals surface area contributed by atoms with Crippen LogP contribution < -0.4 is 10.2 Å². The molecule has 2 saturated carbocycles. The minimum atomic E-state index is 0.571. The second-order valence-electron chi connectivity index (χ2n) is 6.94. The van der Waals surface area contributed by atoms with Crippen molar-refractivity contribution in [2.24, 2.45) is 11.8 Å². The molecule has 1 aromatic heterocycles. The minimum Gasteiger partial charge on any atom is -0.348 e. The van der Waals surface area contributed by atoms with E-state index < -0.39 is 0 Å². The Morgan fingerprint density at radius 2 is 1.86 bits per heavy atom. The maximum Gasteiger partial charge on any atom is 0.185 e. The smallest absolute Gasteiger partial charge is 0.185 e. The topological polar surface area (TPSA) is 28.2 Å². The summed E-state index contributed by atoms with van der Waals surface area (Å²) in [5.41, 5.74) is 1.34. The molecule has 0 aliphatic heterocycles. The van der Waals surface area contributed by atoms with Crippen molar-refractivity contribution in [3.05, 3.63) is 10.6 Å². The fourth-order valence-corrected chi connectivity index (χ4v) is 4.02. The summed E-state index contributed by atoms with van der Waals surface area (Å²) < 4.78 is 0. The van der Waals surface area contributed by atoms with Gasteiger partial charge in [-0.1, -0.05) is 13.8 Å². The summed E-state index contributed by atoms with van der Waals surface area (Å²) in [6, 6.07) is 0. The maximum absolute atomic E-state index is 5.07. The van der Waals surface area contributed by atoms with E-state index in [1.165, 1.54) is 60.9 Å². The third kappa shape index (κ3) is 3.98. The molecule has 2 aliphatic rings. The Hall–Kier alpha value is -0.610. The minimum absolute atomic E-state index is 0.571. The molecule has 0 spiro atoms. The van der Waals surface area contributed by atoms with Crippen LogP contribution >= 0.6 is 11.3 Å². The first kappa shape index (κ1) is 15.3. The van der Waals surface area contributed by atoms with E-state index in [1.807, 2.05) is 18.4 Å². The predicted octanol–water partition coefficient (Wildman–Crippen LogP) is 4.00. The molecule has 0 aromatic carbocycles. The Morgan fingerprint density at radius 3 is 2.33 bits per heavy atom. The van der Waals surface area contributed by atoms with Gasteiger partial charge in [-0.15, -0.1) is 11.3 Å². The average molecular weight is 308 g/mol.